The van der Waals surface area contributed by atoms with E-state index in [1.165, 1.54) is 5.56 Å². The summed E-state index contributed by atoms with van der Waals surface area (Å²) in [7, 11) is 0. The molecule has 1 aliphatic carbocycles. The van der Waals surface area contributed by atoms with E-state index in [1.54, 1.807) is 0 Å². The maximum absolute atomic E-state index is 12.5. The van der Waals surface area contributed by atoms with E-state index in [0.717, 1.165) is 11.3 Å². The van der Waals surface area contributed by atoms with Gasteiger partial charge in [0, 0.05) is 23.0 Å². The predicted molar refractivity (Wildman–Crippen MR) is 72.1 cm³/mol. The van der Waals surface area contributed by atoms with Crippen molar-refractivity contribution in [3.63, 3.8) is 0 Å². The van der Waals surface area contributed by atoms with Crippen molar-refractivity contribution in [1.82, 2.24) is 0 Å². The maximum atomic E-state index is 12.5. The molecule has 1 unspecified atom stereocenters. The van der Waals surface area contributed by atoms with Crippen LogP contribution in [0.25, 0.3) is 0 Å². The van der Waals surface area contributed by atoms with E-state index in [2.05, 4.69) is 6.07 Å². The fourth-order valence-corrected chi connectivity index (χ4v) is 3.57. The number of Topliss-reactive ketones (excluding diaryl/α,β-unsaturated/α-hetero) is 1. The fourth-order valence-electron chi connectivity index (χ4n) is 3.57. The number of hydrogen-bond acceptors (Lipinski definition) is 2. The summed E-state index contributed by atoms with van der Waals surface area (Å²) in [5.74, 6) is 1.23. The van der Waals surface area contributed by atoms with E-state index >= 15 is 0 Å². The first-order chi connectivity index (χ1) is 9.25. The first-order valence-corrected chi connectivity index (χ1v) is 6.63. The molecule has 1 heterocycles. The molecule has 0 bridgehead atoms. The van der Waals surface area contributed by atoms with Crippen LogP contribution in [0.15, 0.2) is 54.6 Å². The van der Waals surface area contributed by atoms with E-state index < -0.39 is 5.60 Å². The first kappa shape index (κ1) is 10.8. The van der Waals surface area contributed by atoms with Gasteiger partial charge in [0.2, 0.25) is 0 Å². The summed E-state index contributed by atoms with van der Waals surface area (Å²) in [4.78, 5) is 12.5. The number of carbonyl (C=O) groups is 1. The second-order valence-electron chi connectivity index (χ2n) is 5.37. The second-order valence-corrected chi connectivity index (χ2v) is 5.37. The number of rotatable bonds is 1. The number of ketones is 1. The fraction of sp³-hybridized carbons (Fsp3) is 0.235. The van der Waals surface area contributed by atoms with Gasteiger partial charge in [-0.25, -0.2) is 0 Å². The Bertz CT molecular complexity index is 662. The summed E-state index contributed by atoms with van der Waals surface area (Å²) in [6, 6.07) is 17.9. The highest BCUT2D eigenvalue weighted by molar-refractivity contribution is 6.01. The number of carbonyl (C=O) groups excluding carboxylic acids is 1. The van der Waals surface area contributed by atoms with Crippen molar-refractivity contribution in [3.8, 4) is 5.75 Å². The van der Waals surface area contributed by atoms with Gasteiger partial charge in [0.05, 0.1) is 0 Å². The third kappa shape index (κ3) is 1.14. The molecule has 1 aliphatic heterocycles. The van der Waals surface area contributed by atoms with Crippen LogP contribution in [0, 0.1) is 5.92 Å². The minimum Gasteiger partial charge on any atom is -0.474 e. The number of hydrogen-bond donors (Lipinski definition) is 0. The largest absolute Gasteiger partial charge is 0.474 e. The van der Waals surface area contributed by atoms with Crippen LogP contribution in [0.4, 0.5) is 0 Å². The molecule has 2 heteroatoms. The minimum absolute atomic E-state index is 0.0313. The predicted octanol–water partition coefficient (Wildman–Crippen LogP) is 3.28. The van der Waals surface area contributed by atoms with Gasteiger partial charge in [-0.2, -0.15) is 0 Å². The molecule has 0 aromatic heterocycles. The smallest absolute Gasteiger partial charge is 0.199 e. The van der Waals surface area contributed by atoms with E-state index in [9.17, 15) is 4.79 Å². The average molecular weight is 250 g/mol. The van der Waals surface area contributed by atoms with Gasteiger partial charge in [0.25, 0.3) is 0 Å². The number of para-hydroxylation sites is 1. The van der Waals surface area contributed by atoms with Gasteiger partial charge < -0.3 is 4.74 Å². The molecule has 0 amide bonds. The Morgan fingerprint density at radius 2 is 1.68 bits per heavy atom. The van der Waals surface area contributed by atoms with E-state index in [0.29, 0.717) is 0 Å². The molecule has 94 valence electrons. The lowest BCUT2D eigenvalue weighted by atomic mass is 9.57. The van der Waals surface area contributed by atoms with Crippen molar-refractivity contribution in [3.05, 3.63) is 65.7 Å². The molecule has 2 nitrogen and oxygen atoms in total. The van der Waals surface area contributed by atoms with Crippen molar-refractivity contribution in [2.24, 2.45) is 5.92 Å². The zero-order chi connectivity index (χ0) is 13.0. The van der Waals surface area contributed by atoms with Crippen LogP contribution >= 0.6 is 0 Å². The molecular formula is C17H14O2. The normalized spacial score (nSPS) is 31.1. The summed E-state index contributed by atoms with van der Waals surface area (Å²) in [5, 5.41) is 0. The molecular weight excluding hydrogens is 236 g/mol. The molecule has 0 radical (unpaired) electrons. The van der Waals surface area contributed by atoms with Gasteiger partial charge >= 0.3 is 0 Å². The topological polar surface area (TPSA) is 26.3 Å². The number of ether oxygens (including phenoxy) is 1. The van der Waals surface area contributed by atoms with Gasteiger partial charge in [0.15, 0.2) is 11.4 Å². The van der Waals surface area contributed by atoms with Gasteiger partial charge in [-0.15, -0.1) is 0 Å². The lowest BCUT2D eigenvalue weighted by Crippen LogP contribution is -2.58. The summed E-state index contributed by atoms with van der Waals surface area (Å²) in [5.41, 5.74) is 1.36. The molecule has 1 saturated carbocycles. The quantitative estimate of drug-likeness (QED) is 0.776. The highest BCUT2D eigenvalue weighted by Crippen LogP contribution is 2.62. The Hall–Kier alpha value is -2.09. The van der Waals surface area contributed by atoms with E-state index in [1.807, 2.05) is 55.5 Å². The molecule has 1 fully saturated rings. The second kappa shape index (κ2) is 3.47. The third-order valence-corrected chi connectivity index (χ3v) is 4.45. The van der Waals surface area contributed by atoms with Crippen LogP contribution in [-0.2, 0) is 10.4 Å². The maximum Gasteiger partial charge on any atom is 0.199 e. The van der Waals surface area contributed by atoms with Crippen LogP contribution in [-0.4, -0.2) is 5.78 Å². The van der Waals surface area contributed by atoms with Crippen LogP contribution in [0.1, 0.15) is 24.0 Å². The molecule has 2 aromatic rings. The van der Waals surface area contributed by atoms with Gasteiger partial charge in [-0.1, -0.05) is 55.5 Å². The molecule has 0 N–H and O–H groups in total. The third-order valence-electron chi connectivity index (χ3n) is 4.45. The standard InChI is InChI=1S/C17H14O2/c1-11-15-13-9-5-6-10-14(13)19-17(15,16(11)18)12-7-3-2-4-8-12/h2-11,15H,1H3/t11?,15-,17+/m1/s1. The van der Waals surface area contributed by atoms with Gasteiger partial charge in [0.1, 0.15) is 5.75 Å². The monoisotopic (exact) mass is 250 g/mol. The van der Waals surface area contributed by atoms with Gasteiger partial charge in [-0.05, 0) is 6.07 Å². The molecule has 3 atom stereocenters. The summed E-state index contributed by atoms with van der Waals surface area (Å²) < 4.78 is 6.11. The Kier molecular flexibility index (Phi) is 1.97. The van der Waals surface area contributed by atoms with Crippen LogP contribution < -0.4 is 4.74 Å². The van der Waals surface area contributed by atoms with Crippen molar-refractivity contribution >= 4 is 5.78 Å². The van der Waals surface area contributed by atoms with Crippen molar-refractivity contribution in [2.75, 3.05) is 0 Å². The van der Waals surface area contributed by atoms with E-state index in [4.69, 9.17) is 4.74 Å². The molecule has 2 aliphatic rings. The highest BCUT2D eigenvalue weighted by Gasteiger charge is 2.67. The molecule has 0 spiro atoms. The van der Waals surface area contributed by atoms with Crippen molar-refractivity contribution < 1.29 is 9.53 Å². The number of fused-ring (bicyclic) bond motifs is 3. The van der Waals surface area contributed by atoms with Crippen LogP contribution in [0.2, 0.25) is 0 Å². The number of benzene rings is 2. The zero-order valence-corrected chi connectivity index (χ0v) is 10.7. The molecule has 2 aromatic carbocycles. The van der Waals surface area contributed by atoms with Crippen LogP contribution in [0.5, 0.6) is 5.75 Å². The molecule has 19 heavy (non-hydrogen) atoms. The van der Waals surface area contributed by atoms with E-state index in [-0.39, 0.29) is 17.6 Å². The lowest BCUT2D eigenvalue weighted by molar-refractivity contribution is -0.156. The van der Waals surface area contributed by atoms with Crippen molar-refractivity contribution in [2.45, 2.75) is 18.4 Å². The lowest BCUT2D eigenvalue weighted by Gasteiger charge is -2.46. The SMILES string of the molecule is CC1C(=O)[C@@]2(c3ccccc3)Oc3ccccc3[C@@H]12. The Balaban J connectivity index is 1.92. The average Bonchev–Trinajstić information content (AvgIpc) is 2.80. The van der Waals surface area contributed by atoms with Gasteiger partial charge in [-0.3, -0.25) is 4.79 Å². The van der Waals surface area contributed by atoms with Crippen LogP contribution in [0.3, 0.4) is 0 Å². The Morgan fingerprint density at radius 3 is 2.47 bits per heavy atom. The minimum atomic E-state index is -0.773. The zero-order valence-electron chi connectivity index (χ0n) is 10.7. The first-order valence-electron chi connectivity index (χ1n) is 6.63. The highest BCUT2D eigenvalue weighted by atomic mass is 16.5. The Morgan fingerprint density at radius 1 is 1.00 bits per heavy atom. The summed E-state index contributed by atoms with van der Waals surface area (Å²) in [6.45, 7) is 2.00. The summed E-state index contributed by atoms with van der Waals surface area (Å²) in [6.07, 6.45) is 0. The summed E-state index contributed by atoms with van der Waals surface area (Å²) >= 11 is 0. The Labute approximate surface area is 112 Å². The molecule has 0 saturated heterocycles. The van der Waals surface area contributed by atoms with Crippen molar-refractivity contribution in [1.29, 1.82) is 0 Å². The molecule has 4 rings (SSSR count).